The third kappa shape index (κ3) is 5.85. The van der Waals surface area contributed by atoms with Crippen molar-refractivity contribution >= 4 is 39.1 Å². The van der Waals surface area contributed by atoms with E-state index in [1.54, 1.807) is 30.0 Å². The average molecular weight is 430 g/mol. The van der Waals surface area contributed by atoms with Crippen LogP contribution in [0.1, 0.15) is 27.2 Å². The monoisotopic (exact) mass is 429 g/mol. The molecule has 1 aromatic rings. The molecule has 1 heterocycles. The van der Waals surface area contributed by atoms with Crippen LogP contribution in [-0.4, -0.2) is 69.5 Å². The number of carbonyl (C=O) groups excluding carboxylic acids is 1. The minimum absolute atomic E-state index is 0.118. The molecule has 0 unspecified atom stereocenters. The Labute approximate surface area is 172 Å². The molecule has 0 aromatic heterocycles. The third-order valence-electron chi connectivity index (χ3n) is 4.54. The minimum atomic E-state index is -3.62. The molecule has 2 rings (SSSR count). The number of ether oxygens (including phenoxy) is 1. The number of rotatable bonds is 10. The first kappa shape index (κ1) is 23.0. The van der Waals surface area contributed by atoms with E-state index in [1.807, 2.05) is 13.8 Å². The fourth-order valence-electron chi connectivity index (χ4n) is 3.05. The average Bonchev–Trinajstić information content (AvgIpc) is 2.70. The molecule has 7 nitrogen and oxygen atoms in total. The van der Waals surface area contributed by atoms with Crippen molar-refractivity contribution < 1.29 is 17.9 Å². The van der Waals surface area contributed by atoms with E-state index in [0.29, 0.717) is 37.7 Å². The van der Waals surface area contributed by atoms with Gasteiger partial charge in [-0.3, -0.25) is 4.79 Å². The highest BCUT2D eigenvalue weighted by molar-refractivity contribution is 7.99. The van der Waals surface area contributed by atoms with Crippen molar-refractivity contribution in [2.75, 3.05) is 61.1 Å². The first-order chi connectivity index (χ1) is 13.4. The lowest BCUT2D eigenvalue weighted by molar-refractivity contribution is -0.113. The number of hydrogen-bond acceptors (Lipinski definition) is 6. The van der Waals surface area contributed by atoms with Gasteiger partial charge in [-0.15, -0.1) is 0 Å². The summed E-state index contributed by atoms with van der Waals surface area (Å²) >= 11 is 1.57. The van der Waals surface area contributed by atoms with Crippen LogP contribution < -0.4 is 10.2 Å². The summed E-state index contributed by atoms with van der Waals surface area (Å²) in [4.78, 5) is 14.7. The SMILES string of the molecule is CCCSCC(=O)Nc1cc(S(=O)(=O)N2CCOCC2)ccc1N(CC)CC. The maximum absolute atomic E-state index is 13.0. The van der Waals surface area contributed by atoms with Crippen LogP contribution in [0.5, 0.6) is 0 Å². The van der Waals surface area contributed by atoms with Crippen LogP contribution in [-0.2, 0) is 19.6 Å². The Morgan fingerprint density at radius 3 is 2.50 bits per heavy atom. The molecule has 1 N–H and O–H groups in total. The van der Waals surface area contributed by atoms with Gasteiger partial charge in [0.1, 0.15) is 0 Å². The molecule has 0 aliphatic carbocycles. The molecular weight excluding hydrogens is 398 g/mol. The van der Waals surface area contributed by atoms with E-state index >= 15 is 0 Å². The van der Waals surface area contributed by atoms with Crippen molar-refractivity contribution in [3.05, 3.63) is 18.2 Å². The quantitative estimate of drug-likeness (QED) is 0.576. The minimum Gasteiger partial charge on any atom is -0.379 e. The van der Waals surface area contributed by atoms with E-state index in [9.17, 15) is 13.2 Å². The molecule has 1 fully saturated rings. The van der Waals surface area contributed by atoms with Crippen LogP contribution in [0.15, 0.2) is 23.1 Å². The number of hydrogen-bond donors (Lipinski definition) is 1. The van der Waals surface area contributed by atoms with Crippen molar-refractivity contribution in [3.63, 3.8) is 0 Å². The number of nitrogens with one attached hydrogen (secondary N) is 1. The Bertz CT molecular complexity index is 746. The topological polar surface area (TPSA) is 79.0 Å². The number of amides is 1. The number of sulfonamides is 1. The first-order valence-corrected chi connectivity index (χ1v) is 12.4. The highest BCUT2D eigenvalue weighted by Crippen LogP contribution is 2.30. The lowest BCUT2D eigenvalue weighted by atomic mass is 10.2. The third-order valence-corrected chi connectivity index (χ3v) is 7.59. The van der Waals surface area contributed by atoms with Crippen LogP contribution in [0.3, 0.4) is 0 Å². The van der Waals surface area contributed by atoms with Gasteiger partial charge in [-0.25, -0.2) is 8.42 Å². The molecule has 0 atom stereocenters. The Morgan fingerprint density at radius 2 is 1.89 bits per heavy atom. The van der Waals surface area contributed by atoms with Gasteiger partial charge in [-0.1, -0.05) is 6.92 Å². The van der Waals surface area contributed by atoms with E-state index in [0.717, 1.165) is 31.0 Å². The largest absolute Gasteiger partial charge is 0.379 e. The van der Waals surface area contributed by atoms with Crippen molar-refractivity contribution in [2.24, 2.45) is 0 Å². The Balaban J connectivity index is 2.32. The number of morpholine rings is 1. The van der Waals surface area contributed by atoms with Crippen molar-refractivity contribution in [1.29, 1.82) is 0 Å². The smallest absolute Gasteiger partial charge is 0.243 e. The van der Waals surface area contributed by atoms with Crippen LogP contribution in [0.4, 0.5) is 11.4 Å². The summed E-state index contributed by atoms with van der Waals surface area (Å²) in [6.45, 7) is 9.15. The predicted octanol–water partition coefficient (Wildman–Crippen LogP) is 2.64. The van der Waals surface area contributed by atoms with Crippen LogP contribution in [0, 0.1) is 0 Å². The normalized spacial score (nSPS) is 15.4. The maximum Gasteiger partial charge on any atom is 0.243 e. The highest BCUT2D eigenvalue weighted by atomic mass is 32.2. The van der Waals surface area contributed by atoms with Gasteiger partial charge in [0.25, 0.3) is 0 Å². The summed E-state index contributed by atoms with van der Waals surface area (Å²) in [5.74, 6) is 1.15. The Kier molecular flexibility index (Phi) is 9.07. The van der Waals surface area contributed by atoms with Crippen molar-refractivity contribution in [2.45, 2.75) is 32.1 Å². The fourth-order valence-corrected chi connectivity index (χ4v) is 5.17. The second kappa shape index (κ2) is 11.0. The van der Waals surface area contributed by atoms with E-state index < -0.39 is 10.0 Å². The molecular formula is C19H31N3O4S2. The zero-order chi connectivity index (χ0) is 20.6. The molecule has 1 aromatic carbocycles. The Hall–Kier alpha value is -1.29. The molecule has 1 aliphatic heterocycles. The number of thioether (sulfide) groups is 1. The van der Waals surface area contributed by atoms with Gasteiger partial charge >= 0.3 is 0 Å². The molecule has 1 saturated heterocycles. The van der Waals surface area contributed by atoms with Gasteiger partial charge in [0.05, 0.1) is 35.2 Å². The summed E-state index contributed by atoms with van der Waals surface area (Å²) in [5.41, 5.74) is 1.37. The van der Waals surface area contributed by atoms with E-state index in [4.69, 9.17) is 4.74 Å². The lowest BCUT2D eigenvalue weighted by Crippen LogP contribution is -2.40. The second-order valence-electron chi connectivity index (χ2n) is 6.47. The number of carbonyl (C=O) groups is 1. The second-order valence-corrected chi connectivity index (χ2v) is 9.51. The van der Waals surface area contributed by atoms with Crippen LogP contribution in [0.2, 0.25) is 0 Å². The predicted molar refractivity (Wildman–Crippen MR) is 116 cm³/mol. The molecule has 1 amide bonds. The molecule has 0 bridgehead atoms. The van der Waals surface area contributed by atoms with E-state index in [1.165, 1.54) is 4.31 Å². The standard InChI is InChI=1S/C19H31N3O4S2/c1-4-13-27-15-19(23)20-17-14-16(7-8-18(17)21(5-2)6-3)28(24,25)22-9-11-26-12-10-22/h7-8,14H,4-6,9-13,15H2,1-3H3,(H,20,23). The van der Waals surface area contributed by atoms with Gasteiger partial charge in [0, 0.05) is 26.2 Å². The number of benzene rings is 1. The summed E-state index contributed by atoms with van der Waals surface area (Å²) in [6.07, 6.45) is 1.01. The zero-order valence-corrected chi connectivity index (χ0v) is 18.6. The summed E-state index contributed by atoms with van der Waals surface area (Å²) < 4.78 is 32.7. The highest BCUT2D eigenvalue weighted by Gasteiger charge is 2.27. The molecule has 158 valence electrons. The molecule has 1 aliphatic rings. The van der Waals surface area contributed by atoms with E-state index in [2.05, 4.69) is 17.1 Å². The zero-order valence-electron chi connectivity index (χ0n) is 16.9. The van der Waals surface area contributed by atoms with E-state index in [-0.39, 0.29) is 10.8 Å². The summed E-state index contributed by atoms with van der Waals surface area (Å²) in [6, 6.07) is 5.00. The molecule has 0 saturated carbocycles. The van der Waals surface area contributed by atoms with Crippen molar-refractivity contribution in [1.82, 2.24) is 4.31 Å². The van der Waals surface area contributed by atoms with Gasteiger partial charge in [-0.2, -0.15) is 16.1 Å². The lowest BCUT2D eigenvalue weighted by Gasteiger charge is -2.28. The summed E-state index contributed by atoms with van der Waals surface area (Å²) in [5, 5.41) is 2.92. The Morgan fingerprint density at radius 1 is 1.21 bits per heavy atom. The molecule has 0 spiro atoms. The molecule has 0 radical (unpaired) electrons. The van der Waals surface area contributed by atoms with Gasteiger partial charge in [-0.05, 0) is 44.2 Å². The summed E-state index contributed by atoms with van der Waals surface area (Å²) in [7, 11) is -3.62. The van der Waals surface area contributed by atoms with Gasteiger partial charge < -0.3 is 15.0 Å². The number of nitrogens with zero attached hydrogens (tertiary/aromatic N) is 2. The number of anilines is 2. The van der Waals surface area contributed by atoms with Gasteiger partial charge in [0.2, 0.25) is 15.9 Å². The fraction of sp³-hybridized carbons (Fsp3) is 0.632. The van der Waals surface area contributed by atoms with Crippen molar-refractivity contribution in [3.8, 4) is 0 Å². The van der Waals surface area contributed by atoms with Gasteiger partial charge in [0.15, 0.2) is 0 Å². The first-order valence-electron chi connectivity index (χ1n) is 9.78. The maximum atomic E-state index is 13.0. The van der Waals surface area contributed by atoms with Crippen LogP contribution >= 0.6 is 11.8 Å². The van der Waals surface area contributed by atoms with Crippen LogP contribution in [0.25, 0.3) is 0 Å². The molecule has 9 heteroatoms. The molecule has 28 heavy (non-hydrogen) atoms.